The molecule has 9 nitrogen and oxygen atoms in total. The molecule has 0 fully saturated rings. The number of alkyl halides is 5. The van der Waals surface area contributed by atoms with E-state index in [2.05, 4.69) is 26.2 Å². The van der Waals surface area contributed by atoms with Gasteiger partial charge in [-0.25, -0.2) is 14.0 Å². The highest BCUT2D eigenvalue weighted by Gasteiger charge is 2.66. The van der Waals surface area contributed by atoms with Gasteiger partial charge in [-0.1, -0.05) is 30.3 Å². The number of nitrogens with one attached hydrogen (secondary N) is 2. The van der Waals surface area contributed by atoms with Gasteiger partial charge in [0.15, 0.2) is 11.5 Å². The number of carboxylic acid groups (broad SMARTS) is 1. The van der Waals surface area contributed by atoms with Gasteiger partial charge in [-0.3, -0.25) is 9.69 Å². The second kappa shape index (κ2) is 13.1. The maximum absolute atomic E-state index is 13.7. The summed E-state index contributed by atoms with van der Waals surface area (Å²) in [5, 5.41) is 13.4. The van der Waals surface area contributed by atoms with E-state index in [4.69, 9.17) is 5.11 Å². The number of halogens is 5. The van der Waals surface area contributed by atoms with Crippen LogP contribution in [0.3, 0.4) is 0 Å². The van der Waals surface area contributed by atoms with Crippen LogP contribution in [0.1, 0.15) is 47.2 Å². The first-order valence-electron chi connectivity index (χ1n) is 14.2. The van der Waals surface area contributed by atoms with E-state index in [9.17, 15) is 36.3 Å². The van der Waals surface area contributed by atoms with Gasteiger partial charge >= 0.3 is 24.2 Å². The van der Waals surface area contributed by atoms with E-state index in [0.29, 0.717) is 11.3 Å². The van der Waals surface area contributed by atoms with Crippen molar-refractivity contribution in [3.63, 3.8) is 0 Å². The zero-order chi connectivity index (χ0) is 33.1. The van der Waals surface area contributed by atoms with Crippen LogP contribution < -0.4 is 25.0 Å². The van der Waals surface area contributed by atoms with E-state index in [-0.39, 0.29) is 17.8 Å². The summed E-state index contributed by atoms with van der Waals surface area (Å²) in [6.07, 6.45) is -5.80. The molecule has 3 aromatic rings. The van der Waals surface area contributed by atoms with Gasteiger partial charge in [0.25, 0.3) is 5.91 Å². The lowest BCUT2D eigenvalue weighted by atomic mass is 9.93. The summed E-state index contributed by atoms with van der Waals surface area (Å²) in [4.78, 5) is 37.9. The largest absolute Gasteiger partial charge is 0.507 e. The first-order valence-corrected chi connectivity index (χ1v) is 14.2. The number of ether oxygens (including phenoxy) is 2. The van der Waals surface area contributed by atoms with Gasteiger partial charge < -0.3 is 25.2 Å². The fourth-order valence-electron chi connectivity index (χ4n) is 4.89. The van der Waals surface area contributed by atoms with Crippen LogP contribution in [0.2, 0.25) is 0 Å². The molecule has 1 aliphatic carbocycles. The van der Waals surface area contributed by atoms with Crippen LogP contribution in [0.15, 0.2) is 72.8 Å². The average Bonchev–Trinajstić information content (AvgIpc) is 3.03. The summed E-state index contributed by atoms with van der Waals surface area (Å²) in [5.41, 5.74) is 3.31. The molecular formula is C32H28F5N3O6. The van der Waals surface area contributed by atoms with Crippen molar-refractivity contribution in [1.29, 1.82) is 0 Å². The Balaban J connectivity index is 1.36. The molecule has 0 bridgehead atoms. The number of aliphatic carboxylic acids is 1. The summed E-state index contributed by atoms with van der Waals surface area (Å²) in [6.45, 7) is -0.743. The molecule has 0 spiro atoms. The quantitative estimate of drug-likeness (QED) is 0.216. The van der Waals surface area contributed by atoms with Crippen molar-refractivity contribution in [2.75, 3.05) is 16.8 Å². The molecule has 1 unspecified atom stereocenters. The van der Waals surface area contributed by atoms with Crippen molar-refractivity contribution < 1.29 is 50.9 Å². The van der Waals surface area contributed by atoms with E-state index in [1.54, 1.807) is 24.3 Å². The number of amides is 3. The fraction of sp³-hybridized carbons (Fsp3) is 0.281. The number of urea groups is 1. The minimum Gasteiger partial charge on any atom is -0.479 e. The number of carbonyl (C=O) groups excluding carboxylic acids is 2. The molecule has 3 N–H and O–H groups in total. The van der Waals surface area contributed by atoms with Crippen molar-refractivity contribution >= 4 is 34.9 Å². The van der Waals surface area contributed by atoms with Gasteiger partial charge in [-0.05, 0) is 78.8 Å². The summed E-state index contributed by atoms with van der Waals surface area (Å²) in [5.74, 6) is -3.72. The molecule has 2 aliphatic rings. The molecule has 3 amide bonds. The van der Waals surface area contributed by atoms with Crippen molar-refractivity contribution in [3.05, 3.63) is 89.5 Å². The van der Waals surface area contributed by atoms with Gasteiger partial charge in [0.2, 0.25) is 6.17 Å². The number of carbonyl (C=O) groups is 3. The molecule has 0 saturated carbocycles. The first-order chi connectivity index (χ1) is 21.8. The lowest BCUT2D eigenvalue weighted by Crippen LogP contribution is -2.52. The van der Waals surface area contributed by atoms with Crippen molar-refractivity contribution in [2.24, 2.45) is 0 Å². The Hall–Kier alpha value is -5.14. The molecule has 0 aromatic heterocycles. The van der Waals surface area contributed by atoms with E-state index in [0.717, 1.165) is 43.4 Å². The number of hydrogen-bond acceptors (Lipinski definition) is 5. The monoisotopic (exact) mass is 645 g/mol. The van der Waals surface area contributed by atoms with Crippen LogP contribution in [-0.4, -0.2) is 47.9 Å². The summed E-state index contributed by atoms with van der Waals surface area (Å²) in [7, 11) is 0. The van der Waals surface area contributed by atoms with Gasteiger partial charge in [0.1, 0.15) is 0 Å². The highest BCUT2D eigenvalue weighted by molar-refractivity contribution is 6.02. The average molecular weight is 646 g/mol. The molecule has 0 saturated heterocycles. The Bertz CT molecular complexity index is 1650. The molecular weight excluding hydrogens is 617 g/mol. The second-order valence-electron chi connectivity index (χ2n) is 10.7. The van der Waals surface area contributed by atoms with Crippen molar-refractivity contribution in [3.8, 4) is 11.5 Å². The minimum atomic E-state index is -4.93. The highest BCUT2D eigenvalue weighted by Crippen LogP contribution is 2.47. The number of benzene rings is 3. The van der Waals surface area contributed by atoms with Gasteiger partial charge in [0.05, 0.1) is 13.1 Å². The molecule has 46 heavy (non-hydrogen) atoms. The second-order valence-corrected chi connectivity index (χ2v) is 10.7. The third kappa shape index (κ3) is 7.22. The Morgan fingerprint density at radius 3 is 2.20 bits per heavy atom. The summed E-state index contributed by atoms with van der Waals surface area (Å²) >= 11 is 0. The smallest absolute Gasteiger partial charge is 0.479 e. The zero-order valence-corrected chi connectivity index (χ0v) is 24.1. The van der Waals surface area contributed by atoms with Gasteiger partial charge in [-0.2, -0.15) is 17.6 Å². The Labute approximate surface area is 259 Å². The molecule has 3 aromatic carbocycles. The number of carboxylic acids is 1. The maximum atomic E-state index is 13.7. The number of allylic oxidation sites excluding steroid dienone is 2. The minimum absolute atomic E-state index is 0.0316. The van der Waals surface area contributed by atoms with Crippen LogP contribution in [0.5, 0.6) is 11.5 Å². The Morgan fingerprint density at radius 2 is 1.57 bits per heavy atom. The number of fused-ring (bicyclic) bond motifs is 1. The SMILES string of the molecule is O=C(NCC(F)C(=O)O)c1ccc(CN(C(=O)Nc2ccc3c(c2)OC(F)(F)C(F)(F)O3)c2ccc(C3=CCCCC3)cc2)cc1. The van der Waals surface area contributed by atoms with Crippen molar-refractivity contribution in [2.45, 2.75) is 50.6 Å². The standard InChI is InChI=1S/C32H28F5N3O6/c33-25(29(42)43)17-38-28(41)22-8-6-19(7-9-22)18-40(24-13-10-21(11-14-24)20-4-2-1-3-5-20)30(44)39-23-12-15-26-27(16-23)46-32(36,37)31(34,35)45-26/h4,6-16,25H,1-3,5,17-18H2,(H,38,41)(H,39,44)(H,42,43). The van der Waals surface area contributed by atoms with Gasteiger partial charge in [0, 0.05) is 23.0 Å². The molecule has 5 rings (SSSR count). The Kier molecular flexibility index (Phi) is 9.17. The molecule has 242 valence electrons. The molecule has 1 heterocycles. The van der Waals surface area contributed by atoms with E-state index in [1.165, 1.54) is 28.7 Å². The summed E-state index contributed by atoms with van der Waals surface area (Å²) < 4.78 is 76.2. The van der Waals surface area contributed by atoms with Crippen LogP contribution in [0.25, 0.3) is 5.57 Å². The maximum Gasteiger partial charge on any atom is 0.507 e. The van der Waals surface area contributed by atoms with Crippen LogP contribution in [-0.2, 0) is 11.3 Å². The van der Waals surface area contributed by atoms with Crippen LogP contribution in [0, 0.1) is 0 Å². The lowest BCUT2D eigenvalue weighted by Gasteiger charge is -2.32. The number of anilines is 2. The zero-order valence-electron chi connectivity index (χ0n) is 24.1. The van der Waals surface area contributed by atoms with E-state index in [1.807, 2.05) is 12.1 Å². The normalized spacial score (nSPS) is 16.8. The predicted octanol–water partition coefficient (Wildman–Crippen LogP) is 6.99. The van der Waals surface area contributed by atoms with Crippen LogP contribution in [0.4, 0.5) is 38.1 Å². The Morgan fingerprint density at radius 1 is 0.891 bits per heavy atom. The number of nitrogens with zero attached hydrogens (tertiary/aromatic N) is 1. The molecule has 1 aliphatic heterocycles. The molecule has 0 radical (unpaired) electrons. The third-order valence-electron chi connectivity index (χ3n) is 7.36. The lowest BCUT2D eigenvalue weighted by molar-refractivity contribution is -0.391. The third-order valence-corrected chi connectivity index (χ3v) is 7.36. The molecule has 14 heteroatoms. The van der Waals surface area contributed by atoms with E-state index >= 15 is 0 Å². The van der Waals surface area contributed by atoms with Crippen LogP contribution >= 0.6 is 0 Å². The van der Waals surface area contributed by atoms with E-state index < -0.39 is 54.3 Å². The number of hydrogen-bond donors (Lipinski definition) is 3. The first kappa shape index (κ1) is 32.3. The predicted molar refractivity (Wildman–Crippen MR) is 157 cm³/mol. The molecule has 1 atom stereocenters. The number of rotatable bonds is 9. The fourth-order valence-corrected chi connectivity index (χ4v) is 4.89. The van der Waals surface area contributed by atoms with Crippen molar-refractivity contribution in [1.82, 2.24) is 5.32 Å². The topological polar surface area (TPSA) is 117 Å². The van der Waals surface area contributed by atoms with Gasteiger partial charge in [-0.15, -0.1) is 0 Å². The summed E-state index contributed by atoms with van der Waals surface area (Å²) in [6, 6.07) is 15.6. The highest BCUT2D eigenvalue weighted by atomic mass is 19.3.